The molecule has 4 nitrogen and oxygen atoms in total. The normalized spacial score (nSPS) is 21.2. The molecule has 1 N–H and O–H groups in total. The number of hydrogen-bond donors (Lipinski definition) is 1. The number of hydrogen-bond acceptors (Lipinski definition) is 4. The minimum Gasteiger partial charge on any atom is -0.206 e. The molecule has 0 unspecified atom stereocenters. The molecule has 1 saturated carbocycles. The zero-order valence-corrected chi connectivity index (χ0v) is 16.6. The van der Waals surface area contributed by atoms with Gasteiger partial charge in [0.1, 0.15) is 16.1 Å². The van der Waals surface area contributed by atoms with Crippen LogP contribution < -0.4 is 4.72 Å². The smallest absolute Gasteiger partial charge is 0.206 e. The van der Waals surface area contributed by atoms with Gasteiger partial charge in [-0.05, 0) is 41.8 Å². The number of nitrogens with zero attached hydrogens (tertiary/aromatic N) is 1. The molecule has 0 bridgehead atoms. The SMILES string of the molecule is C[C@]1(c2ccccc2)C[C@@H]1NS(=O)(=O)c1ccc(-c2ccc(C#N)c(F)c2)s1. The van der Waals surface area contributed by atoms with Gasteiger partial charge in [0.15, 0.2) is 0 Å². The molecular weight excluding hydrogens is 395 g/mol. The van der Waals surface area contributed by atoms with Crippen molar-refractivity contribution in [2.24, 2.45) is 0 Å². The van der Waals surface area contributed by atoms with Crippen LogP contribution in [0, 0.1) is 17.1 Å². The molecule has 0 spiro atoms. The summed E-state index contributed by atoms with van der Waals surface area (Å²) in [5.74, 6) is -0.618. The van der Waals surface area contributed by atoms with Crippen molar-refractivity contribution in [3.63, 3.8) is 0 Å². The van der Waals surface area contributed by atoms with E-state index in [1.807, 2.05) is 30.3 Å². The van der Waals surface area contributed by atoms with E-state index >= 15 is 0 Å². The molecule has 28 heavy (non-hydrogen) atoms. The highest BCUT2D eigenvalue weighted by Crippen LogP contribution is 2.48. The summed E-state index contributed by atoms with van der Waals surface area (Å²) in [6, 6.07) is 18.9. The highest BCUT2D eigenvalue weighted by molar-refractivity contribution is 7.91. The summed E-state index contributed by atoms with van der Waals surface area (Å²) in [6.07, 6.45) is 0.745. The minimum absolute atomic E-state index is 0.0382. The van der Waals surface area contributed by atoms with Crippen molar-refractivity contribution in [3.05, 3.63) is 77.6 Å². The number of nitriles is 1. The molecule has 3 aromatic rings. The van der Waals surface area contributed by atoms with Gasteiger partial charge in [-0.3, -0.25) is 0 Å². The molecule has 0 aliphatic heterocycles. The van der Waals surface area contributed by atoms with Gasteiger partial charge in [-0.2, -0.15) is 5.26 Å². The summed E-state index contributed by atoms with van der Waals surface area (Å²) in [4.78, 5) is 0.630. The fourth-order valence-electron chi connectivity index (χ4n) is 3.30. The second-order valence-electron chi connectivity index (χ2n) is 7.09. The van der Waals surface area contributed by atoms with Crippen molar-refractivity contribution in [1.82, 2.24) is 4.72 Å². The molecule has 4 rings (SSSR count). The van der Waals surface area contributed by atoms with E-state index in [4.69, 9.17) is 5.26 Å². The zero-order chi connectivity index (χ0) is 19.9. The maximum absolute atomic E-state index is 13.9. The topological polar surface area (TPSA) is 70.0 Å². The van der Waals surface area contributed by atoms with Gasteiger partial charge in [-0.25, -0.2) is 17.5 Å². The first-order valence-electron chi connectivity index (χ1n) is 8.71. The molecule has 1 heterocycles. The first kappa shape index (κ1) is 18.8. The fraction of sp³-hybridized carbons (Fsp3) is 0.190. The van der Waals surface area contributed by atoms with E-state index in [2.05, 4.69) is 11.6 Å². The molecule has 1 aliphatic carbocycles. The van der Waals surface area contributed by atoms with E-state index in [9.17, 15) is 12.8 Å². The Balaban J connectivity index is 1.54. The maximum atomic E-state index is 13.9. The fourth-order valence-corrected chi connectivity index (χ4v) is 5.97. The van der Waals surface area contributed by atoms with Crippen LogP contribution in [0.3, 0.4) is 0 Å². The Morgan fingerprint density at radius 1 is 1.18 bits per heavy atom. The van der Waals surface area contributed by atoms with Crippen LogP contribution in [0.15, 0.2) is 64.9 Å². The largest absolute Gasteiger partial charge is 0.250 e. The van der Waals surface area contributed by atoms with Crippen LogP contribution in [0.1, 0.15) is 24.5 Å². The first-order valence-corrected chi connectivity index (χ1v) is 11.0. The van der Waals surface area contributed by atoms with Gasteiger partial charge in [0.05, 0.1) is 5.56 Å². The third kappa shape index (κ3) is 3.35. The van der Waals surface area contributed by atoms with Crippen molar-refractivity contribution >= 4 is 21.4 Å². The predicted octanol–water partition coefficient (Wildman–Crippen LogP) is 4.43. The quantitative estimate of drug-likeness (QED) is 0.674. The molecule has 1 aromatic heterocycles. The van der Waals surface area contributed by atoms with Crippen molar-refractivity contribution in [1.29, 1.82) is 5.26 Å². The number of sulfonamides is 1. The predicted molar refractivity (Wildman–Crippen MR) is 107 cm³/mol. The standard InChI is InChI=1S/C21H17FN2O2S2/c1-21(16-5-3-2-4-6-16)12-19(21)24-28(25,26)20-10-9-18(27-20)14-7-8-15(13-23)17(22)11-14/h2-11,19,24H,12H2,1H3/t19-,21+/m0/s1. The molecule has 2 atom stereocenters. The lowest BCUT2D eigenvalue weighted by Crippen LogP contribution is -2.29. The van der Waals surface area contributed by atoms with E-state index < -0.39 is 15.8 Å². The van der Waals surface area contributed by atoms with E-state index in [1.54, 1.807) is 18.2 Å². The lowest BCUT2D eigenvalue weighted by Gasteiger charge is -2.12. The van der Waals surface area contributed by atoms with Gasteiger partial charge < -0.3 is 0 Å². The summed E-state index contributed by atoms with van der Waals surface area (Å²) in [6.45, 7) is 2.05. The Bertz CT molecular complexity index is 1180. The van der Waals surface area contributed by atoms with Crippen LogP contribution in [0.25, 0.3) is 10.4 Å². The van der Waals surface area contributed by atoms with E-state index in [-0.39, 0.29) is 21.2 Å². The van der Waals surface area contributed by atoms with Crippen LogP contribution in [0.5, 0.6) is 0 Å². The highest BCUT2D eigenvalue weighted by atomic mass is 32.2. The van der Waals surface area contributed by atoms with Crippen LogP contribution in [0.4, 0.5) is 4.39 Å². The Labute approximate surface area is 167 Å². The second-order valence-corrected chi connectivity index (χ2v) is 10.1. The minimum atomic E-state index is -3.66. The number of halogens is 1. The number of rotatable bonds is 5. The molecule has 142 valence electrons. The monoisotopic (exact) mass is 412 g/mol. The third-order valence-corrected chi connectivity index (χ3v) is 8.29. The van der Waals surface area contributed by atoms with Crippen molar-refractivity contribution in [2.75, 3.05) is 0 Å². The van der Waals surface area contributed by atoms with Crippen molar-refractivity contribution < 1.29 is 12.8 Å². The molecule has 7 heteroatoms. The van der Waals surface area contributed by atoms with Crippen LogP contribution in [-0.4, -0.2) is 14.5 Å². The van der Waals surface area contributed by atoms with Gasteiger partial charge >= 0.3 is 0 Å². The Morgan fingerprint density at radius 3 is 2.61 bits per heavy atom. The second kappa shape index (κ2) is 6.82. The molecule has 0 saturated heterocycles. The average Bonchev–Trinajstić information content (AvgIpc) is 3.09. The van der Waals surface area contributed by atoms with E-state index in [1.165, 1.54) is 18.2 Å². The number of thiophene rings is 1. The van der Waals surface area contributed by atoms with Gasteiger partial charge in [0.2, 0.25) is 10.0 Å². The third-order valence-electron chi connectivity index (χ3n) is 5.19. The molecule has 1 aliphatic rings. The first-order chi connectivity index (χ1) is 13.3. The van der Waals surface area contributed by atoms with E-state index in [0.29, 0.717) is 10.4 Å². The molecule has 1 fully saturated rings. The number of benzene rings is 2. The maximum Gasteiger partial charge on any atom is 0.250 e. The average molecular weight is 413 g/mol. The van der Waals surface area contributed by atoms with Gasteiger partial charge in [0, 0.05) is 16.3 Å². The zero-order valence-electron chi connectivity index (χ0n) is 15.0. The highest BCUT2D eigenvalue weighted by Gasteiger charge is 2.53. The Morgan fingerprint density at radius 2 is 1.93 bits per heavy atom. The van der Waals surface area contributed by atoms with Crippen molar-refractivity contribution in [2.45, 2.75) is 29.0 Å². The number of nitrogens with one attached hydrogen (secondary N) is 1. The molecular formula is C21H17FN2O2S2. The van der Waals surface area contributed by atoms with Gasteiger partial charge in [-0.15, -0.1) is 11.3 Å². The Kier molecular flexibility index (Phi) is 4.58. The van der Waals surface area contributed by atoms with E-state index in [0.717, 1.165) is 23.3 Å². The van der Waals surface area contributed by atoms with Gasteiger partial charge in [-0.1, -0.05) is 43.3 Å². The Hall–Kier alpha value is -2.53. The van der Waals surface area contributed by atoms with Crippen LogP contribution in [0.2, 0.25) is 0 Å². The molecule has 2 aromatic carbocycles. The van der Waals surface area contributed by atoms with Crippen LogP contribution >= 0.6 is 11.3 Å². The summed E-state index contributed by atoms with van der Waals surface area (Å²) < 4.78 is 42.4. The summed E-state index contributed by atoms with van der Waals surface area (Å²) in [5.41, 5.74) is 1.42. The molecule has 0 amide bonds. The van der Waals surface area contributed by atoms with Crippen LogP contribution in [-0.2, 0) is 15.4 Å². The summed E-state index contributed by atoms with van der Waals surface area (Å²) in [7, 11) is -3.66. The van der Waals surface area contributed by atoms with Crippen molar-refractivity contribution in [3.8, 4) is 16.5 Å². The lowest BCUT2D eigenvalue weighted by atomic mass is 9.98. The molecule has 0 radical (unpaired) electrons. The van der Waals surface area contributed by atoms with Gasteiger partial charge in [0.25, 0.3) is 0 Å². The lowest BCUT2D eigenvalue weighted by molar-refractivity contribution is 0.576. The summed E-state index contributed by atoms with van der Waals surface area (Å²) in [5, 5.41) is 8.83. The summed E-state index contributed by atoms with van der Waals surface area (Å²) >= 11 is 1.08.